The molecule has 5 heteroatoms. The number of amides is 2. The van der Waals surface area contributed by atoms with Crippen molar-refractivity contribution in [2.75, 3.05) is 19.6 Å². The molecule has 0 bridgehead atoms. The molecular weight excluding hydrogens is 328 g/mol. The lowest BCUT2D eigenvalue weighted by molar-refractivity contribution is -0.135. The van der Waals surface area contributed by atoms with E-state index in [0.29, 0.717) is 32.6 Å². The summed E-state index contributed by atoms with van der Waals surface area (Å²) in [5.41, 5.74) is 2.51. The van der Waals surface area contributed by atoms with Crippen LogP contribution in [-0.2, 0) is 16.1 Å². The summed E-state index contributed by atoms with van der Waals surface area (Å²) in [5.74, 6) is 0.616. The Morgan fingerprint density at radius 2 is 2.00 bits per heavy atom. The first kappa shape index (κ1) is 16.6. The van der Waals surface area contributed by atoms with Gasteiger partial charge < -0.3 is 14.2 Å². The van der Waals surface area contributed by atoms with Gasteiger partial charge in [-0.05, 0) is 29.7 Å². The number of likely N-dealkylation sites (tertiary alicyclic amines) is 1. The Labute approximate surface area is 152 Å². The lowest BCUT2D eigenvalue weighted by atomic mass is 9.98. The molecule has 0 spiro atoms. The van der Waals surface area contributed by atoms with E-state index in [1.807, 2.05) is 35.2 Å². The molecular formula is C21H22N2O3. The van der Waals surface area contributed by atoms with Crippen LogP contribution in [0.2, 0.25) is 0 Å². The van der Waals surface area contributed by atoms with Crippen molar-refractivity contribution in [3.05, 3.63) is 66.1 Å². The highest BCUT2D eigenvalue weighted by Gasteiger charge is 2.37. The highest BCUT2D eigenvalue weighted by atomic mass is 16.3. The highest BCUT2D eigenvalue weighted by Crippen LogP contribution is 2.26. The van der Waals surface area contributed by atoms with Gasteiger partial charge in [-0.1, -0.05) is 36.4 Å². The minimum absolute atomic E-state index is 0.0253. The summed E-state index contributed by atoms with van der Waals surface area (Å²) >= 11 is 0. The third-order valence-electron chi connectivity index (χ3n) is 5.16. The van der Waals surface area contributed by atoms with Gasteiger partial charge in [0, 0.05) is 26.1 Å². The lowest BCUT2D eigenvalue weighted by Gasteiger charge is -2.29. The van der Waals surface area contributed by atoms with Crippen molar-refractivity contribution < 1.29 is 14.0 Å². The Hall–Kier alpha value is -2.82. The Morgan fingerprint density at radius 3 is 2.69 bits per heavy atom. The van der Waals surface area contributed by atoms with Crippen molar-refractivity contribution in [1.82, 2.24) is 9.80 Å². The number of benzene rings is 1. The molecule has 0 N–H and O–H groups in total. The number of carbonyl (C=O) groups excluding carboxylic acids is 2. The molecule has 2 aliphatic rings. The van der Waals surface area contributed by atoms with Crippen LogP contribution in [0.15, 0.2) is 59.2 Å². The van der Waals surface area contributed by atoms with Gasteiger partial charge in [-0.2, -0.15) is 0 Å². The van der Waals surface area contributed by atoms with Gasteiger partial charge in [0.1, 0.15) is 5.76 Å². The molecule has 1 atom stereocenters. The Morgan fingerprint density at radius 1 is 1.15 bits per heavy atom. The van der Waals surface area contributed by atoms with Crippen molar-refractivity contribution in [3.63, 3.8) is 0 Å². The Kier molecular flexibility index (Phi) is 4.61. The standard InChI is InChI=1S/C21H22N2O3/c24-20-13-18(14-23(20)15-19-7-4-12-26-19)21(25)22-10-8-17(9-11-22)16-5-2-1-3-6-16/h1-8,12,18H,9-11,13-15H2/t18-/m0/s1. The second-order valence-corrected chi connectivity index (χ2v) is 6.88. The lowest BCUT2D eigenvalue weighted by Crippen LogP contribution is -2.39. The molecule has 4 rings (SSSR count). The van der Waals surface area contributed by atoms with Gasteiger partial charge in [0.15, 0.2) is 0 Å². The number of hydrogen-bond acceptors (Lipinski definition) is 3. The van der Waals surface area contributed by atoms with Crippen LogP contribution in [0.4, 0.5) is 0 Å². The number of nitrogens with zero attached hydrogens (tertiary/aromatic N) is 2. The quantitative estimate of drug-likeness (QED) is 0.852. The van der Waals surface area contributed by atoms with E-state index < -0.39 is 0 Å². The van der Waals surface area contributed by atoms with Gasteiger partial charge in [0.05, 0.1) is 18.7 Å². The van der Waals surface area contributed by atoms with E-state index in [9.17, 15) is 9.59 Å². The number of furan rings is 1. The Bertz CT molecular complexity index is 811. The normalized spacial score (nSPS) is 20.4. The maximum atomic E-state index is 12.8. The van der Waals surface area contributed by atoms with Crippen LogP contribution in [0.5, 0.6) is 0 Å². The number of hydrogen-bond donors (Lipinski definition) is 0. The van der Waals surface area contributed by atoms with E-state index >= 15 is 0 Å². The SMILES string of the molecule is O=C1C[C@H](C(=O)N2CC=C(c3ccccc3)CC2)CN1Cc1ccco1. The second-order valence-electron chi connectivity index (χ2n) is 6.88. The molecule has 1 aromatic heterocycles. The van der Waals surface area contributed by atoms with E-state index in [0.717, 1.165) is 12.2 Å². The fraction of sp³-hybridized carbons (Fsp3) is 0.333. The molecule has 3 heterocycles. The monoisotopic (exact) mass is 350 g/mol. The first-order valence-corrected chi connectivity index (χ1v) is 9.04. The molecule has 2 aliphatic heterocycles. The third kappa shape index (κ3) is 3.43. The summed E-state index contributed by atoms with van der Waals surface area (Å²) in [7, 11) is 0. The Balaban J connectivity index is 1.37. The molecule has 1 saturated heterocycles. The molecule has 0 radical (unpaired) electrons. The summed E-state index contributed by atoms with van der Waals surface area (Å²) in [6.45, 7) is 2.24. The van der Waals surface area contributed by atoms with Crippen molar-refractivity contribution in [3.8, 4) is 0 Å². The zero-order valence-corrected chi connectivity index (χ0v) is 14.6. The molecule has 134 valence electrons. The molecule has 2 amide bonds. The zero-order valence-electron chi connectivity index (χ0n) is 14.6. The molecule has 1 aromatic carbocycles. The summed E-state index contributed by atoms with van der Waals surface area (Å²) in [6, 6.07) is 13.9. The fourth-order valence-electron chi connectivity index (χ4n) is 3.72. The third-order valence-corrected chi connectivity index (χ3v) is 5.16. The second kappa shape index (κ2) is 7.20. The maximum Gasteiger partial charge on any atom is 0.228 e. The van der Waals surface area contributed by atoms with Gasteiger partial charge in [-0.3, -0.25) is 9.59 Å². The molecule has 0 aliphatic carbocycles. The van der Waals surface area contributed by atoms with Gasteiger partial charge in [-0.25, -0.2) is 0 Å². The first-order valence-electron chi connectivity index (χ1n) is 9.04. The van der Waals surface area contributed by atoms with Crippen LogP contribution in [0.3, 0.4) is 0 Å². The minimum Gasteiger partial charge on any atom is -0.467 e. The van der Waals surface area contributed by atoms with E-state index in [1.165, 1.54) is 11.1 Å². The topological polar surface area (TPSA) is 53.8 Å². The van der Waals surface area contributed by atoms with Gasteiger partial charge in [0.2, 0.25) is 11.8 Å². The average molecular weight is 350 g/mol. The minimum atomic E-state index is -0.246. The fourth-order valence-corrected chi connectivity index (χ4v) is 3.72. The molecule has 0 unspecified atom stereocenters. The highest BCUT2D eigenvalue weighted by molar-refractivity contribution is 5.89. The summed E-state index contributed by atoms with van der Waals surface area (Å²) in [4.78, 5) is 28.7. The summed E-state index contributed by atoms with van der Waals surface area (Å²) in [6.07, 6.45) is 4.88. The molecule has 0 saturated carbocycles. The van der Waals surface area contributed by atoms with Crippen LogP contribution in [0.25, 0.3) is 5.57 Å². The van der Waals surface area contributed by atoms with E-state index in [4.69, 9.17) is 4.42 Å². The van der Waals surface area contributed by atoms with Crippen LogP contribution in [0.1, 0.15) is 24.2 Å². The van der Waals surface area contributed by atoms with Crippen molar-refractivity contribution in [1.29, 1.82) is 0 Å². The molecule has 5 nitrogen and oxygen atoms in total. The molecule has 1 fully saturated rings. The van der Waals surface area contributed by atoms with Crippen molar-refractivity contribution >= 4 is 17.4 Å². The van der Waals surface area contributed by atoms with Crippen molar-refractivity contribution in [2.24, 2.45) is 5.92 Å². The first-order chi connectivity index (χ1) is 12.7. The van der Waals surface area contributed by atoms with Gasteiger partial charge >= 0.3 is 0 Å². The predicted molar refractivity (Wildman–Crippen MR) is 97.8 cm³/mol. The largest absolute Gasteiger partial charge is 0.467 e. The number of carbonyl (C=O) groups is 2. The smallest absolute Gasteiger partial charge is 0.228 e. The summed E-state index contributed by atoms with van der Waals surface area (Å²) in [5, 5.41) is 0. The average Bonchev–Trinajstić information content (AvgIpc) is 3.32. The molecule has 26 heavy (non-hydrogen) atoms. The van der Waals surface area contributed by atoms with Gasteiger partial charge in [-0.15, -0.1) is 0 Å². The zero-order chi connectivity index (χ0) is 17.9. The van der Waals surface area contributed by atoms with Gasteiger partial charge in [0.25, 0.3) is 0 Å². The van der Waals surface area contributed by atoms with Crippen LogP contribution >= 0.6 is 0 Å². The van der Waals surface area contributed by atoms with E-state index in [1.54, 1.807) is 11.2 Å². The van der Waals surface area contributed by atoms with E-state index in [-0.39, 0.29) is 17.7 Å². The maximum absolute atomic E-state index is 12.8. The van der Waals surface area contributed by atoms with E-state index in [2.05, 4.69) is 18.2 Å². The van der Waals surface area contributed by atoms with Crippen LogP contribution in [0, 0.1) is 5.92 Å². The summed E-state index contributed by atoms with van der Waals surface area (Å²) < 4.78 is 5.31. The van der Waals surface area contributed by atoms with Crippen molar-refractivity contribution in [2.45, 2.75) is 19.4 Å². The van der Waals surface area contributed by atoms with Crippen LogP contribution < -0.4 is 0 Å². The van der Waals surface area contributed by atoms with Crippen LogP contribution in [-0.4, -0.2) is 41.2 Å². The number of rotatable bonds is 4. The molecule has 2 aromatic rings. The predicted octanol–water partition coefficient (Wildman–Crippen LogP) is 2.94.